The summed E-state index contributed by atoms with van der Waals surface area (Å²) in [6.45, 7) is 1.74. The van der Waals surface area contributed by atoms with E-state index in [1.165, 1.54) is 28.4 Å². The number of amides is 2. The number of benzene rings is 2. The lowest BCUT2D eigenvalue weighted by molar-refractivity contribution is -0.130. The van der Waals surface area contributed by atoms with Crippen molar-refractivity contribution in [3.63, 3.8) is 0 Å². The van der Waals surface area contributed by atoms with Crippen molar-refractivity contribution >= 4 is 28.8 Å². The van der Waals surface area contributed by atoms with E-state index in [0.717, 1.165) is 10.6 Å². The molecule has 1 N–H and O–H groups in total. The van der Waals surface area contributed by atoms with Crippen LogP contribution in [0.4, 0.5) is 10.1 Å². The Morgan fingerprint density at radius 3 is 2.40 bits per heavy atom. The van der Waals surface area contributed by atoms with Gasteiger partial charge in [0, 0.05) is 26.2 Å². The lowest BCUT2D eigenvalue weighted by Gasteiger charge is -2.11. The van der Waals surface area contributed by atoms with Gasteiger partial charge < -0.3 is 15.0 Å². The fourth-order valence-corrected chi connectivity index (χ4v) is 3.61. The van der Waals surface area contributed by atoms with Gasteiger partial charge in [0.2, 0.25) is 0 Å². The summed E-state index contributed by atoms with van der Waals surface area (Å²) in [6, 6.07) is 13.0. The Hall–Kier alpha value is -3.26. The van der Waals surface area contributed by atoms with Gasteiger partial charge in [-0.15, -0.1) is 11.3 Å². The van der Waals surface area contributed by atoms with E-state index < -0.39 is 0 Å². The van der Waals surface area contributed by atoms with Crippen molar-refractivity contribution in [3.8, 4) is 5.75 Å². The third-order valence-electron chi connectivity index (χ3n) is 4.29. The SMILES string of the molecule is Cc1nc(Cc2ccc(F)cc2)sc1C(=O)Nc1ccc(OCC(=O)N(C)C)cc1. The van der Waals surface area contributed by atoms with Crippen molar-refractivity contribution in [2.75, 3.05) is 26.0 Å². The Balaban J connectivity index is 1.61. The zero-order valence-corrected chi connectivity index (χ0v) is 17.8. The van der Waals surface area contributed by atoms with E-state index in [2.05, 4.69) is 10.3 Å². The maximum Gasteiger partial charge on any atom is 0.267 e. The molecule has 0 aliphatic rings. The molecule has 0 radical (unpaired) electrons. The maximum absolute atomic E-state index is 13.1. The highest BCUT2D eigenvalue weighted by Gasteiger charge is 2.16. The summed E-state index contributed by atoms with van der Waals surface area (Å²) < 4.78 is 18.5. The topological polar surface area (TPSA) is 71.5 Å². The second-order valence-electron chi connectivity index (χ2n) is 6.88. The first-order valence-electron chi connectivity index (χ1n) is 9.27. The number of halogens is 1. The Morgan fingerprint density at radius 1 is 1.10 bits per heavy atom. The summed E-state index contributed by atoms with van der Waals surface area (Å²) in [5, 5.41) is 3.64. The van der Waals surface area contributed by atoms with Gasteiger partial charge in [-0.1, -0.05) is 12.1 Å². The van der Waals surface area contributed by atoms with E-state index in [9.17, 15) is 14.0 Å². The minimum atomic E-state index is -0.283. The van der Waals surface area contributed by atoms with Gasteiger partial charge >= 0.3 is 0 Å². The average Bonchev–Trinajstić information content (AvgIpc) is 3.09. The summed E-state index contributed by atoms with van der Waals surface area (Å²) in [5.74, 6) is -0.120. The molecule has 3 aromatic rings. The van der Waals surface area contributed by atoms with E-state index in [1.54, 1.807) is 57.4 Å². The first kappa shape index (κ1) is 21.4. The Labute approximate surface area is 178 Å². The van der Waals surface area contributed by atoms with Gasteiger partial charge in [-0.3, -0.25) is 9.59 Å². The monoisotopic (exact) mass is 427 g/mol. The molecule has 1 heterocycles. The van der Waals surface area contributed by atoms with Crippen LogP contribution in [0, 0.1) is 12.7 Å². The van der Waals surface area contributed by atoms with Gasteiger partial charge in [-0.2, -0.15) is 0 Å². The summed E-state index contributed by atoms with van der Waals surface area (Å²) in [6.07, 6.45) is 0.538. The van der Waals surface area contributed by atoms with Crippen molar-refractivity contribution < 1.29 is 18.7 Å². The molecular weight excluding hydrogens is 405 g/mol. The summed E-state index contributed by atoms with van der Waals surface area (Å²) in [5.41, 5.74) is 2.19. The molecular formula is C22H22FN3O3S. The maximum atomic E-state index is 13.1. The molecule has 6 nitrogen and oxygen atoms in total. The standard InChI is InChI=1S/C22H22FN3O3S/c1-14-21(30-19(24-14)12-15-4-6-16(23)7-5-15)22(28)25-17-8-10-18(11-9-17)29-13-20(27)26(2)3/h4-11H,12-13H2,1-3H3,(H,25,28). The first-order chi connectivity index (χ1) is 14.3. The van der Waals surface area contributed by atoms with Gasteiger partial charge in [-0.05, 0) is 48.9 Å². The molecule has 2 amide bonds. The number of nitrogens with one attached hydrogen (secondary N) is 1. The summed E-state index contributed by atoms with van der Waals surface area (Å²) >= 11 is 1.32. The molecule has 1 aromatic heterocycles. The molecule has 0 saturated heterocycles. The summed E-state index contributed by atoms with van der Waals surface area (Å²) in [7, 11) is 3.33. The number of nitrogens with zero attached hydrogens (tertiary/aromatic N) is 2. The fourth-order valence-electron chi connectivity index (χ4n) is 2.61. The number of rotatable bonds is 7. The molecule has 0 aliphatic carbocycles. The fraction of sp³-hybridized carbons (Fsp3) is 0.227. The highest BCUT2D eigenvalue weighted by Crippen LogP contribution is 2.23. The number of likely N-dealkylation sites (N-methyl/N-ethyl adjacent to an activating group) is 1. The largest absolute Gasteiger partial charge is 0.484 e. The zero-order chi connectivity index (χ0) is 21.7. The molecule has 0 atom stereocenters. The molecule has 30 heavy (non-hydrogen) atoms. The molecule has 0 saturated carbocycles. The van der Waals surface area contributed by atoms with Crippen molar-refractivity contribution in [1.29, 1.82) is 0 Å². The Morgan fingerprint density at radius 2 is 1.77 bits per heavy atom. The lowest BCUT2D eigenvalue weighted by atomic mass is 10.1. The molecule has 8 heteroatoms. The Bertz CT molecular complexity index is 1030. The number of ether oxygens (including phenoxy) is 1. The van der Waals surface area contributed by atoms with Crippen LogP contribution in [-0.2, 0) is 11.2 Å². The molecule has 156 valence electrons. The number of carbonyl (C=O) groups is 2. The quantitative estimate of drug-likeness (QED) is 0.621. The molecule has 0 fully saturated rings. The number of thiazole rings is 1. The molecule has 0 spiro atoms. The van der Waals surface area contributed by atoms with E-state index in [0.29, 0.717) is 28.4 Å². The molecule has 0 unspecified atom stereocenters. The highest BCUT2D eigenvalue weighted by molar-refractivity contribution is 7.14. The van der Waals surface area contributed by atoms with Gasteiger partial charge in [0.1, 0.15) is 16.4 Å². The first-order valence-corrected chi connectivity index (χ1v) is 10.1. The van der Waals surface area contributed by atoms with Crippen LogP contribution in [-0.4, -0.2) is 42.4 Å². The molecule has 0 aliphatic heterocycles. The van der Waals surface area contributed by atoms with Crippen LogP contribution >= 0.6 is 11.3 Å². The van der Waals surface area contributed by atoms with Gasteiger partial charge in [0.15, 0.2) is 6.61 Å². The van der Waals surface area contributed by atoms with Crippen LogP contribution in [0.5, 0.6) is 5.75 Å². The number of carbonyl (C=O) groups excluding carboxylic acids is 2. The third-order valence-corrected chi connectivity index (χ3v) is 5.45. The van der Waals surface area contributed by atoms with E-state index in [1.807, 2.05) is 0 Å². The number of aryl methyl sites for hydroxylation is 1. The predicted molar refractivity (Wildman–Crippen MR) is 115 cm³/mol. The molecule has 2 aromatic carbocycles. The third kappa shape index (κ3) is 5.64. The van der Waals surface area contributed by atoms with Crippen molar-refractivity contribution in [3.05, 3.63) is 75.5 Å². The lowest BCUT2D eigenvalue weighted by Crippen LogP contribution is -2.27. The number of hydrogen-bond acceptors (Lipinski definition) is 5. The van der Waals surface area contributed by atoms with Gasteiger partial charge in [-0.25, -0.2) is 9.37 Å². The second kappa shape index (κ2) is 9.49. The average molecular weight is 428 g/mol. The van der Waals surface area contributed by atoms with Crippen LogP contribution in [0.2, 0.25) is 0 Å². The van der Waals surface area contributed by atoms with E-state index >= 15 is 0 Å². The summed E-state index contributed by atoms with van der Waals surface area (Å²) in [4.78, 5) is 30.7. The van der Waals surface area contributed by atoms with Gasteiger partial charge in [0.05, 0.1) is 10.7 Å². The minimum Gasteiger partial charge on any atom is -0.484 e. The molecule has 0 bridgehead atoms. The molecule has 3 rings (SSSR count). The van der Waals surface area contributed by atoms with Crippen LogP contribution in [0.15, 0.2) is 48.5 Å². The predicted octanol–water partition coefficient (Wildman–Crippen LogP) is 3.90. The van der Waals surface area contributed by atoms with E-state index in [-0.39, 0.29) is 24.2 Å². The second-order valence-corrected chi connectivity index (χ2v) is 7.96. The normalized spacial score (nSPS) is 10.5. The number of anilines is 1. The van der Waals surface area contributed by atoms with Crippen LogP contribution in [0.1, 0.15) is 25.9 Å². The Kier molecular flexibility index (Phi) is 6.79. The number of aromatic nitrogens is 1. The minimum absolute atomic E-state index is 0.0460. The van der Waals surface area contributed by atoms with Crippen molar-refractivity contribution in [2.24, 2.45) is 0 Å². The highest BCUT2D eigenvalue weighted by atomic mass is 32.1. The van der Waals surface area contributed by atoms with Gasteiger partial charge in [0.25, 0.3) is 11.8 Å². The smallest absolute Gasteiger partial charge is 0.267 e. The van der Waals surface area contributed by atoms with Crippen LogP contribution in [0.25, 0.3) is 0 Å². The van der Waals surface area contributed by atoms with E-state index in [4.69, 9.17) is 4.74 Å². The zero-order valence-electron chi connectivity index (χ0n) is 16.9. The van der Waals surface area contributed by atoms with Crippen LogP contribution < -0.4 is 10.1 Å². The van der Waals surface area contributed by atoms with Crippen molar-refractivity contribution in [1.82, 2.24) is 9.88 Å². The number of hydrogen-bond donors (Lipinski definition) is 1. The van der Waals surface area contributed by atoms with Crippen molar-refractivity contribution in [2.45, 2.75) is 13.3 Å². The van der Waals surface area contributed by atoms with Crippen LogP contribution in [0.3, 0.4) is 0 Å².